The number of rotatable bonds is 5. The molecule has 7 nitrogen and oxygen atoms in total. The zero-order chi connectivity index (χ0) is 17.9. The third-order valence-electron chi connectivity index (χ3n) is 3.70. The number of hydrogen-bond acceptors (Lipinski definition) is 6. The van der Waals surface area contributed by atoms with Crippen LogP contribution in [0.25, 0.3) is 16.2 Å². The molecule has 4 aromatic rings. The molecule has 1 N–H and O–H groups in total. The Morgan fingerprint density at radius 3 is 2.88 bits per heavy atom. The van der Waals surface area contributed by atoms with Crippen LogP contribution in [0, 0.1) is 0 Å². The van der Waals surface area contributed by atoms with Crippen LogP contribution in [0.4, 0.5) is 5.69 Å². The second kappa shape index (κ2) is 6.93. The summed E-state index contributed by atoms with van der Waals surface area (Å²) in [5, 5.41) is 4.81. The van der Waals surface area contributed by atoms with E-state index in [9.17, 15) is 4.79 Å². The van der Waals surface area contributed by atoms with Crippen LogP contribution in [0.1, 0.15) is 17.4 Å². The molecule has 130 valence electrons. The molecule has 0 spiro atoms. The molecule has 0 aliphatic heterocycles. The average molecular weight is 365 g/mol. The maximum Gasteiger partial charge on any atom is 0.274 e. The van der Waals surface area contributed by atoms with Gasteiger partial charge in [0.25, 0.3) is 5.91 Å². The fourth-order valence-corrected chi connectivity index (χ4v) is 3.18. The minimum atomic E-state index is -0.316. The number of hydrogen-bond donors (Lipinski definition) is 1. The van der Waals surface area contributed by atoms with Crippen LogP contribution in [0.3, 0.4) is 0 Å². The summed E-state index contributed by atoms with van der Waals surface area (Å²) in [7, 11) is 0. The lowest BCUT2D eigenvalue weighted by atomic mass is 10.1. The van der Waals surface area contributed by atoms with Gasteiger partial charge in [-0.3, -0.25) is 9.20 Å². The normalized spacial score (nSPS) is 10.8. The number of carbonyl (C=O) groups excluding carboxylic acids is 1. The van der Waals surface area contributed by atoms with Crippen LogP contribution in [-0.4, -0.2) is 31.9 Å². The monoisotopic (exact) mass is 365 g/mol. The van der Waals surface area contributed by atoms with E-state index in [0.29, 0.717) is 18.2 Å². The Balaban J connectivity index is 1.49. The summed E-state index contributed by atoms with van der Waals surface area (Å²) in [6, 6.07) is 9.04. The molecule has 26 heavy (non-hydrogen) atoms. The van der Waals surface area contributed by atoms with Crippen LogP contribution in [0.15, 0.2) is 54.4 Å². The number of fused-ring (bicyclic) bond motifs is 1. The highest BCUT2D eigenvalue weighted by molar-refractivity contribution is 7.15. The Hall–Kier alpha value is -3.26. The molecule has 3 heterocycles. The Bertz CT molecular complexity index is 1030. The van der Waals surface area contributed by atoms with Gasteiger partial charge < -0.3 is 10.1 Å². The van der Waals surface area contributed by atoms with Crippen LogP contribution in [0.2, 0.25) is 0 Å². The minimum absolute atomic E-state index is 0.252. The van der Waals surface area contributed by atoms with Gasteiger partial charge in [-0.05, 0) is 19.1 Å². The molecule has 0 aliphatic rings. The number of aromatic nitrogens is 4. The number of thiazole rings is 1. The molecule has 0 saturated heterocycles. The van der Waals surface area contributed by atoms with Crippen molar-refractivity contribution in [2.75, 3.05) is 11.9 Å². The van der Waals surface area contributed by atoms with Crippen molar-refractivity contribution in [1.82, 2.24) is 19.4 Å². The van der Waals surface area contributed by atoms with Crippen LogP contribution in [-0.2, 0) is 0 Å². The van der Waals surface area contributed by atoms with E-state index in [4.69, 9.17) is 4.74 Å². The molecule has 0 atom stereocenters. The Kier molecular flexibility index (Phi) is 4.32. The van der Waals surface area contributed by atoms with Crippen molar-refractivity contribution in [2.24, 2.45) is 0 Å². The van der Waals surface area contributed by atoms with Gasteiger partial charge in [-0.25, -0.2) is 15.0 Å². The van der Waals surface area contributed by atoms with Gasteiger partial charge >= 0.3 is 0 Å². The highest BCUT2D eigenvalue weighted by Gasteiger charge is 2.10. The molecule has 3 aromatic heterocycles. The first kappa shape index (κ1) is 16.2. The van der Waals surface area contributed by atoms with Gasteiger partial charge in [-0.2, -0.15) is 0 Å². The lowest BCUT2D eigenvalue weighted by Gasteiger charge is -2.06. The van der Waals surface area contributed by atoms with E-state index >= 15 is 0 Å². The SMILES string of the molecule is CCOc1cc(C(=O)Nc2ccc(-c3cn4ccsc4n3)cc2)ncn1. The average Bonchev–Trinajstić information content (AvgIpc) is 3.25. The predicted octanol–water partition coefficient (Wildman–Crippen LogP) is 3.50. The third kappa shape index (κ3) is 3.27. The first-order valence-electron chi connectivity index (χ1n) is 8.02. The molecule has 0 fully saturated rings. The first-order chi connectivity index (χ1) is 12.7. The van der Waals surface area contributed by atoms with Gasteiger partial charge in [0.2, 0.25) is 5.88 Å². The molecule has 8 heteroatoms. The summed E-state index contributed by atoms with van der Waals surface area (Å²) in [6.45, 7) is 2.33. The molecule has 0 saturated carbocycles. The summed E-state index contributed by atoms with van der Waals surface area (Å²) in [5.74, 6) is 0.0614. The van der Waals surface area contributed by atoms with E-state index in [0.717, 1.165) is 16.2 Å². The van der Waals surface area contributed by atoms with E-state index in [-0.39, 0.29) is 11.6 Å². The molecule has 4 rings (SSSR count). The van der Waals surface area contributed by atoms with Gasteiger partial charge in [-0.1, -0.05) is 12.1 Å². The predicted molar refractivity (Wildman–Crippen MR) is 99.7 cm³/mol. The van der Waals surface area contributed by atoms with Gasteiger partial charge in [0, 0.05) is 35.1 Å². The van der Waals surface area contributed by atoms with Crippen LogP contribution in [0.5, 0.6) is 5.88 Å². The van der Waals surface area contributed by atoms with Crippen LogP contribution >= 0.6 is 11.3 Å². The first-order valence-corrected chi connectivity index (χ1v) is 8.90. The van der Waals surface area contributed by atoms with E-state index in [2.05, 4.69) is 20.3 Å². The smallest absolute Gasteiger partial charge is 0.274 e. The highest BCUT2D eigenvalue weighted by atomic mass is 32.1. The van der Waals surface area contributed by atoms with Crippen molar-refractivity contribution in [3.05, 3.63) is 60.1 Å². The van der Waals surface area contributed by atoms with Crippen molar-refractivity contribution < 1.29 is 9.53 Å². The van der Waals surface area contributed by atoms with Crippen molar-refractivity contribution >= 4 is 27.9 Å². The summed E-state index contributed by atoms with van der Waals surface area (Å²) in [6.07, 6.45) is 5.27. The molecule has 0 aliphatic carbocycles. The summed E-state index contributed by atoms with van der Waals surface area (Å²) < 4.78 is 7.28. The van der Waals surface area contributed by atoms with E-state index in [1.54, 1.807) is 11.3 Å². The number of nitrogens with zero attached hydrogens (tertiary/aromatic N) is 4. The molecule has 1 amide bonds. The fraction of sp³-hybridized carbons (Fsp3) is 0.111. The van der Waals surface area contributed by atoms with Gasteiger partial charge in [0.05, 0.1) is 12.3 Å². The topological polar surface area (TPSA) is 81.4 Å². The van der Waals surface area contributed by atoms with Crippen LogP contribution < -0.4 is 10.1 Å². The Morgan fingerprint density at radius 2 is 2.12 bits per heavy atom. The maximum absolute atomic E-state index is 12.3. The highest BCUT2D eigenvalue weighted by Crippen LogP contribution is 2.23. The zero-order valence-electron chi connectivity index (χ0n) is 13.9. The second-order valence-electron chi connectivity index (χ2n) is 5.42. The van der Waals surface area contributed by atoms with Crippen molar-refractivity contribution in [2.45, 2.75) is 6.92 Å². The number of amides is 1. The third-order valence-corrected chi connectivity index (χ3v) is 4.47. The molecule has 0 bridgehead atoms. The quantitative estimate of drug-likeness (QED) is 0.585. The molecule has 0 radical (unpaired) electrons. The standard InChI is InChI=1S/C18H15N5O2S/c1-2-25-16-9-14(19-11-20-16)17(24)21-13-5-3-12(4-6-13)15-10-23-7-8-26-18(23)22-15/h3-11H,2H2,1H3,(H,21,24). The maximum atomic E-state index is 12.3. The molecule has 0 unspecified atom stereocenters. The molecular weight excluding hydrogens is 350 g/mol. The van der Waals surface area contributed by atoms with Gasteiger partial charge in [-0.15, -0.1) is 11.3 Å². The molecule has 1 aromatic carbocycles. The Labute approximate surface area is 153 Å². The number of nitrogens with one attached hydrogen (secondary N) is 1. The number of carbonyl (C=O) groups is 1. The van der Waals surface area contributed by atoms with Crippen molar-refractivity contribution in [3.8, 4) is 17.1 Å². The van der Waals surface area contributed by atoms with Crippen molar-refractivity contribution in [1.29, 1.82) is 0 Å². The second-order valence-corrected chi connectivity index (χ2v) is 6.30. The fourth-order valence-electron chi connectivity index (χ4n) is 2.48. The van der Waals surface area contributed by atoms with E-state index < -0.39 is 0 Å². The number of imidazole rings is 1. The van der Waals surface area contributed by atoms with Gasteiger partial charge in [0.1, 0.15) is 12.0 Å². The minimum Gasteiger partial charge on any atom is -0.478 e. The lowest BCUT2D eigenvalue weighted by molar-refractivity contribution is 0.102. The number of benzene rings is 1. The number of ether oxygens (including phenoxy) is 1. The lowest BCUT2D eigenvalue weighted by Crippen LogP contribution is -2.14. The summed E-state index contributed by atoms with van der Waals surface area (Å²) in [5.41, 5.74) is 2.81. The summed E-state index contributed by atoms with van der Waals surface area (Å²) >= 11 is 1.59. The summed E-state index contributed by atoms with van der Waals surface area (Å²) in [4.78, 5) is 25.8. The Morgan fingerprint density at radius 1 is 1.27 bits per heavy atom. The number of anilines is 1. The van der Waals surface area contributed by atoms with E-state index in [1.165, 1.54) is 12.4 Å². The van der Waals surface area contributed by atoms with E-state index in [1.807, 2.05) is 53.4 Å². The zero-order valence-corrected chi connectivity index (χ0v) is 14.7. The van der Waals surface area contributed by atoms with Gasteiger partial charge in [0.15, 0.2) is 4.96 Å². The largest absolute Gasteiger partial charge is 0.478 e. The van der Waals surface area contributed by atoms with Crippen molar-refractivity contribution in [3.63, 3.8) is 0 Å². The molecular formula is C18H15N5O2S.